The van der Waals surface area contributed by atoms with Gasteiger partial charge in [0.25, 0.3) is 0 Å². The van der Waals surface area contributed by atoms with Crippen molar-refractivity contribution in [2.45, 2.75) is 13.5 Å². The summed E-state index contributed by atoms with van der Waals surface area (Å²) in [5, 5.41) is 0. The van der Waals surface area contributed by atoms with Crippen molar-refractivity contribution in [2.75, 3.05) is 6.54 Å². The highest BCUT2D eigenvalue weighted by molar-refractivity contribution is 5.07. The van der Waals surface area contributed by atoms with E-state index in [2.05, 4.69) is 0 Å². The minimum absolute atomic E-state index is 0.0817. The lowest BCUT2D eigenvalue weighted by Gasteiger charge is -2.03. The zero-order valence-corrected chi connectivity index (χ0v) is 6.58. The first-order valence-electron chi connectivity index (χ1n) is 3.61. The van der Waals surface area contributed by atoms with Crippen LogP contribution in [0.25, 0.3) is 0 Å². The Balaban J connectivity index is 2.96. The van der Waals surface area contributed by atoms with Gasteiger partial charge in [0, 0.05) is 37.1 Å². The second-order valence-electron chi connectivity index (χ2n) is 2.52. The third kappa shape index (κ3) is 1.91. The van der Waals surface area contributed by atoms with Gasteiger partial charge in [-0.2, -0.15) is 0 Å². The minimum atomic E-state index is 0.0817. The van der Waals surface area contributed by atoms with Crippen LogP contribution in [0.5, 0.6) is 0 Å². The van der Waals surface area contributed by atoms with E-state index in [-0.39, 0.29) is 5.43 Å². The van der Waals surface area contributed by atoms with Crippen molar-refractivity contribution < 1.29 is 0 Å². The molecule has 1 heterocycles. The standard InChI is InChI=1S/C8H12N2O/c1-7-6-10(5-3-9)4-2-8(7)11/h2,4,6H,3,5,9H2,1H3. The summed E-state index contributed by atoms with van der Waals surface area (Å²) in [7, 11) is 0. The van der Waals surface area contributed by atoms with Gasteiger partial charge in [-0.1, -0.05) is 0 Å². The zero-order chi connectivity index (χ0) is 8.27. The summed E-state index contributed by atoms with van der Waals surface area (Å²) >= 11 is 0. The first-order chi connectivity index (χ1) is 5.24. The predicted octanol–water partition coefficient (Wildman–Crippen LogP) is 0.115. The van der Waals surface area contributed by atoms with Gasteiger partial charge in [0.05, 0.1) is 0 Å². The topological polar surface area (TPSA) is 48.0 Å². The molecule has 0 amide bonds. The molecule has 1 aromatic heterocycles. The van der Waals surface area contributed by atoms with Crippen molar-refractivity contribution in [2.24, 2.45) is 5.73 Å². The van der Waals surface area contributed by atoms with Gasteiger partial charge in [-0.15, -0.1) is 0 Å². The van der Waals surface area contributed by atoms with Crippen LogP contribution in [-0.4, -0.2) is 11.1 Å². The quantitative estimate of drug-likeness (QED) is 0.654. The summed E-state index contributed by atoms with van der Waals surface area (Å²) in [5.74, 6) is 0. The number of aryl methyl sites for hydroxylation is 1. The van der Waals surface area contributed by atoms with E-state index < -0.39 is 0 Å². The summed E-state index contributed by atoms with van der Waals surface area (Å²) in [4.78, 5) is 10.9. The molecule has 3 heteroatoms. The summed E-state index contributed by atoms with van der Waals surface area (Å²) in [6.45, 7) is 3.17. The number of nitrogens with zero attached hydrogens (tertiary/aromatic N) is 1. The molecule has 0 bridgehead atoms. The Morgan fingerprint density at radius 1 is 1.64 bits per heavy atom. The first kappa shape index (κ1) is 8.01. The minimum Gasteiger partial charge on any atom is -0.352 e. The van der Waals surface area contributed by atoms with E-state index in [0.29, 0.717) is 6.54 Å². The first-order valence-corrected chi connectivity index (χ1v) is 3.61. The molecule has 3 nitrogen and oxygen atoms in total. The SMILES string of the molecule is Cc1cn(CCN)ccc1=O. The largest absolute Gasteiger partial charge is 0.352 e. The number of pyridine rings is 1. The molecule has 0 saturated carbocycles. The monoisotopic (exact) mass is 152 g/mol. The molecule has 0 radical (unpaired) electrons. The lowest BCUT2D eigenvalue weighted by atomic mass is 10.3. The molecule has 0 atom stereocenters. The highest BCUT2D eigenvalue weighted by Gasteiger charge is 1.91. The molecular formula is C8H12N2O. The van der Waals surface area contributed by atoms with Crippen molar-refractivity contribution >= 4 is 0 Å². The van der Waals surface area contributed by atoms with Crippen LogP contribution < -0.4 is 11.2 Å². The zero-order valence-electron chi connectivity index (χ0n) is 6.58. The molecule has 0 fully saturated rings. The van der Waals surface area contributed by atoms with E-state index in [0.717, 1.165) is 12.1 Å². The lowest BCUT2D eigenvalue weighted by Crippen LogP contribution is -2.13. The molecule has 1 rings (SSSR count). The molecular weight excluding hydrogens is 140 g/mol. The molecule has 2 N–H and O–H groups in total. The van der Waals surface area contributed by atoms with E-state index in [9.17, 15) is 4.79 Å². The Morgan fingerprint density at radius 2 is 2.36 bits per heavy atom. The molecule has 0 aromatic carbocycles. The number of hydrogen-bond acceptors (Lipinski definition) is 2. The average molecular weight is 152 g/mol. The fraction of sp³-hybridized carbons (Fsp3) is 0.375. The Kier molecular flexibility index (Phi) is 2.44. The third-order valence-electron chi connectivity index (χ3n) is 1.55. The number of nitrogens with two attached hydrogens (primary N) is 1. The van der Waals surface area contributed by atoms with E-state index in [1.807, 2.05) is 10.8 Å². The maximum atomic E-state index is 10.9. The number of aromatic nitrogens is 1. The van der Waals surface area contributed by atoms with Gasteiger partial charge < -0.3 is 10.3 Å². The van der Waals surface area contributed by atoms with Crippen LogP contribution >= 0.6 is 0 Å². The molecule has 1 aromatic rings. The molecule has 0 spiro atoms. The van der Waals surface area contributed by atoms with Gasteiger partial charge in [0.15, 0.2) is 5.43 Å². The average Bonchev–Trinajstić information content (AvgIpc) is 1.98. The highest BCUT2D eigenvalue weighted by atomic mass is 16.1. The van der Waals surface area contributed by atoms with Crippen molar-refractivity contribution in [3.05, 3.63) is 34.2 Å². The molecule has 11 heavy (non-hydrogen) atoms. The molecule has 0 aliphatic heterocycles. The van der Waals surface area contributed by atoms with Crippen LogP contribution in [0.3, 0.4) is 0 Å². The van der Waals surface area contributed by atoms with Crippen molar-refractivity contribution in [3.8, 4) is 0 Å². The summed E-state index contributed by atoms with van der Waals surface area (Å²) in [6, 6.07) is 1.56. The third-order valence-corrected chi connectivity index (χ3v) is 1.55. The second kappa shape index (κ2) is 3.34. The maximum absolute atomic E-state index is 10.9. The van der Waals surface area contributed by atoms with E-state index in [4.69, 9.17) is 5.73 Å². The van der Waals surface area contributed by atoms with Crippen LogP contribution in [0.1, 0.15) is 5.56 Å². The van der Waals surface area contributed by atoms with Gasteiger partial charge >= 0.3 is 0 Å². The van der Waals surface area contributed by atoms with E-state index >= 15 is 0 Å². The predicted molar refractivity (Wildman–Crippen MR) is 44.5 cm³/mol. The van der Waals surface area contributed by atoms with Crippen LogP contribution in [0.2, 0.25) is 0 Å². The van der Waals surface area contributed by atoms with Gasteiger partial charge in [-0.25, -0.2) is 0 Å². The van der Waals surface area contributed by atoms with Crippen molar-refractivity contribution in [1.82, 2.24) is 4.57 Å². The second-order valence-corrected chi connectivity index (χ2v) is 2.52. The smallest absolute Gasteiger partial charge is 0.184 e. The van der Waals surface area contributed by atoms with E-state index in [1.54, 1.807) is 19.2 Å². The number of hydrogen-bond donors (Lipinski definition) is 1. The Bertz CT molecular complexity index is 290. The molecule has 60 valence electrons. The molecule has 0 aliphatic carbocycles. The van der Waals surface area contributed by atoms with Crippen LogP contribution in [-0.2, 0) is 6.54 Å². The highest BCUT2D eigenvalue weighted by Crippen LogP contribution is 1.88. The Hall–Kier alpha value is -1.09. The Labute approximate surface area is 65.5 Å². The van der Waals surface area contributed by atoms with Crippen LogP contribution in [0.4, 0.5) is 0 Å². The van der Waals surface area contributed by atoms with Gasteiger partial charge in [-0.3, -0.25) is 4.79 Å². The fourth-order valence-corrected chi connectivity index (χ4v) is 0.938. The fourth-order valence-electron chi connectivity index (χ4n) is 0.938. The van der Waals surface area contributed by atoms with Gasteiger partial charge in [0.2, 0.25) is 0 Å². The molecule has 0 unspecified atom stereocenters. The molecule has 0 aliphatic rings. The normalized spacial score (nSPS) is 10.0. The van der Waals surface area contributed by atoms with Gasteiger partial charge in [0.1, 0.15) is 0 Å². The lowest BCUT2D eigenvalue weighted by molar-refractivity contribution is 0.698. The summed E-state index contributed by atoms with van der Waals surface area (Å²) < 4.78 is 1.91. The van der Waals surface area contributed by atoms with Crippen LogP contribution in [0.15, 0.2) is 23.3 Å². The summed E-state index contributed by atoms with van der Waals surface area (Å²) in [6.07, 6.45) is 3.57. The van der Waals surface area contributed by atoms with Crippen LogP contribution in [0, 0.1) is 6.92 Å². The van der Waals surface area contributed by atoms with Gasteiger partial charge in [-0.05, 0) is 6.92 Å². The molecule has 0 saturated heterocycles. The Morgan fingerprint density at radius 3 is 2.91 bits per heavy atom. The van der Waals surface area contributed by atoms with Crippen molar-refractivity contribution in [1.29, 1.82) is 0 Å². The maximum Gasteiger partial charge on any atom is 0.184 e. The van der Waals surface area contributed by atoms with Crippen molar-refractivity contribution in [3.63, 3.8) is 0 Å². The number of rotatable bonds is 2. The summed E-state index contributed by atoms with van der Waals surface area (Å²) in [5.41, 5.74) is 6.20. The van der Waals surface area contributed by atoms with E-state index in [1.165, 1.54) is 0 Å².